The summed E-state index contributed by atoms with van der Waals surface area (Å²) in [6.45, 7) is 2.17. The van der Waals surface area contributed by atoms with Crippen LogP contribution in [0, 0.1) is 6.92 Å². The number of carbonyl (C=O) groups excluding carboxylic acids is 1. The highest BCUT2D eigenvalue weighted by Crippen LogP contribution is 2.38. The van der Waals surface area contributed by atoms with E-state index in [4.69, 9.17) is 18.6 Å². The topological polar surface area (TPSA) is 61.1 Å². The van der Waals surface area contributed by atoms with E-state index in [0.29, 0.717) is 35.1 Å². The van der Waals surface area contributed by atoms with E-state index in [2.05, 4.69) is 0 Å². The quantitative estimate of drug-likeness (QED) is 0.819. The summed E-state index contributed by atoms with van der Waals surface area (Å²) < 4.78 is 21.1. The van der Waals surface area contributed by atoms with Crippen molar-refractivity contribution in [3.63, 3.8) is 0 Å². The van der Waals surface area contributed by atoms with Crippen LogP contribution in [0.1, 0.15) is 21.7 Å². The summed E-state index contributed by atoms with van der Waals surface area (Å²) in [5, 5.41) is 0. The molecule has 2 aromatic rings. The predicted molar refractivity (Wildman–Crippen MR) is 85.3 cm³/mol. The Morgan fingerprint density at radius 1 is 1.13 bits per heavy atom. The van der Waals surface area contributed by atoms with E-state index in [9.17, 15) is 4.79 Å². The van der Waals surface area contributed by atoms with Gasteiger partial charge >= 0.3 is 0 Å². The first kappa shape index (κ1) is 16.7. The van der Waals surface area contributed by atoms with Gasteiger partial charge in [0.25, 0.3) is 5.91 Å². The molecule has 1 aromatic carbocycles. The van der Waals surface area contributed by atoms with Crippen LogP contribution in [0.15, 0.2) is 28.9 Å². The monoisotopic (exact) mass is 319 g/mol. The lowest BCUT2D eigenvalue weighted by Crippen LogP contribution is -2.26. The molecule has 0 saturated carbocycles. The molecule has 0 fully saturated rings. The van der Waals surface area contributed by atoms with Crippen LogP contribution in [0.25, 0.3) is 0 Å². The van der Waals surface area contributed by atoms with Gasteiger partial charge in [-0.3, -0.25) is 4.79 Å². The third kappa shape index (κ3) is 3.41. The normalized spacial score (nSPS) is 10.3. The molecule has 0 aliphatic heterocycles. The first-order valence-electron chi connectivity index (χ1n) is 7.10. The van der Waals surface area contributed by atoms with Crippen LogP contribution in [0.2, 0.25) is 0 Å². The smallest absolute Gasteiger partial charge is 0.257 e. The highest BCUT2D eigenvalue weighted by atomic mass is 16.5. The van der Waals surface area contributed by atoms with Gasteiger partial charge < -0.3 is 23.5 Å². The minimum atomic E-state index is -0.106. The highest BCUT2D eigenvalue weighted by molar-refractivity contribution is 5.94. The van der Waals surface area contributed by atoms with Crippen LogP contribution in [0.4, 0.5) is 0 Å². The molecule has 1 aromatic heterocycles. The number of ether oxygens (including phenoxy) is 3. The first-order chi connectivity index (χ1) is 11.0. The van der Waals surface area contributed by atoms with Gasteiger partial charge in [-0.2, -0.15) is 0 Å². The Kier molecular flexibility index (Phi) is 5.16. The Labute approximate surface area is 135 Å². The van der Waals surface area contributed by atoms with Gasteiger partial charge in [0.15, 0.2) is 11.5 Å². The van der Waals surface area contributed by atoms with Crippen molar-refractivity contribution in [2.45, 2.75) is 13.5 Å². The Morgan fingerprint density at radius 3 is 2.17 bits per heavy atom. The first-order valence-corrected chi connectivity index (χ1v) is 7.10. The number of furan rings is 1. The van der Waals surface area contributed by atoms with Gasteiger partial charge in [-0.1, -0.05) is 0 Å². The number of rotatable bonds is 6. The number of benzene rings is 1. The molecule has 0 spiro atoms. The van der Waals surface area contributed by atoms with Crippen LogP contribution in [0.3, 0.4) is 0 Å². The molecule has 1 amide bonds. The fourth-order valence-corrected chi connectivity index (χ4v) is 2.38. The second kappa shape index (κ2) is 7.09. The maximum absolute atomic E-state index is 12.4. The molecule has 6 nitrogen and oxygen atoms in total. The maximum Gasteiger partial charge on any atom is 0.257 e. The maximum atomic E-state index is 12.4. The second-order valence-corrected chi connectivity index (χ2v) is 5.09. The van der Waals surface area contributed by atoms with Gasteiger partial charge in [-0.15, -0.1) is 0 Å². The third-order valence-electron chi connectivity index (χ3n) is 3.58. The molecule has 0 N–H and O–H groups in total. The van der Waals surface area contributed by atoms with E-state index in [-0.39, 0.29) is 5.91 Å². The van der Waals surface area contributed by atoms with E-state index in [1.807, 2.05) is 12.1 Å². The van der Waals surface area contributed by atoms with Gasteiger partial charge in [-0.25, -0.2) is 0 Å². The summed E-state index contributed by atoms with van der Waals surface area (Å²) in [6, 6.07) is 5.32. The Hall–Kier alpha value is -2.63. The number of hydrogen-bond acceptors (Lipinski definition) is 5. The number of aryl methyl sites for hydroxylation is 1. The molecule has 2 rings (SSSR count). The average Bonchev–Trinajstić information content (AvgIpc) is 2.98. The summed E-state index contributed by atoms with van der Waals surface area (Å²) in [4.78, 5) is 14.1. The molecule has 0 saturated heterocycles. The lowest BCUT2D eigenvalue weighted by Gasteiger charge is -2.19. The van der Waals surface area contributed by atoms with Crippen LogP contribution >= 0.6 is 0 Å². The van der Waals surface area contributed by atoms with Crippen molar-refractivity contribution < 1.29 is 23.4 Å². The summed E-state index contributed by atoms with van der Waals surface area (Å²) in [6.07, 6.45) is 1.51. The Morgan fingerprint density at radius 2 is 1.74 bits per heavy atom. The van der Waals surface area contributed by atoms with Crippen molar-refractivity contribution >= 4 is 5.91 Å². The van der Waals surface area contributed by atoms with Crippen LogP contribution in [0.5, 0.6) is 17.2 Å². The third-order valence-corrected chi connectivity index (χ3v) is 3.58. The van der Waals surface area contributed by atoms with E-state index in [1.54, 1.807) is 46.3 Å². The van der Waals surface area contributed by atoms with Gasteiger partial charge in [0.2, 0.25) is 5.75 Å². The fourth-order valence-electron chi connectivity index (χ4n) is 2.38. The zero-order valence-electron chi connectivity index (χ0n) is 14.0. The molecule has 0 aliphatic rings. The van der Waals surface area contributed by atoms with Crippen molar-refractivity contribution in [2.75, 3.05) is 28.4 Å². The van der Waals surface area contributed by atoms with E-state index >= 15 is 0 Å². The molecule has 0 atom stereocenters. The largest absolute Gasteiger partial charge is 0.493 e. The zero-order valence-corrected chi connectivity index (χ0v) is 14.0. The van der Waals surface area contributed by atoms with E-state index < -0.39 is 0 Å². The lowest BCUT2D eigenvalue weighted by molar-refractivity contribution is 0.0783. The minimum absolute atomic E-state index is 0.106. The van der Waals surface area contributed by atoms with Crippen LogP contribution in [-0.4, -0.2) is 39.2 Å². The molecule has 1 heterocycles. The van der Waals surface area contributed by atoms with Crippen molar-refractivity contribution in [2.24, 2.45) is 0 Å². The predicted octanol–water partition coefficient (Wildman–Crippen LogP) is 2.89. The lowest BCUT2D eigenvalue weighted by atomic mass is 10.1. The van der Waals surface area contributed by atoms with E-state index in [1.165, 1.54) is 6.26 Å². The standard InChI is InChI=1S/C17H21NO5/c1-11-13(6-7-23-11)17(19)18(2)10-12-8-14(20-3)16(22-5)15(9-12)21-4/h6-9H,10H2,1-5H3. The molecule has 6 heteroatoms. The molecular formula is C17H21NO5. The molecule has 124 valence electrons. The van der Waals surface area contributed by atoms with Gasteiger partial charge in [-0.05, 0) is 30.7 Å². The summed E-state index contributed by atoms with van der Waals surface area (Å²) in [5.41, 5.74) is 1.43. The fraction of sp³-hybridized carbons (Fsp3) is 0.353. The summed E-state index contributed by atoms with van der Waals surface area (Å²) >= 11 is 0. The van der Waals surface area contributed by atoms with Gasteiger partial charge in [0.1, 0.15) is 5.76 Å². The molecule has 0 radical (unpaired) electrons. The van der Waals surface area contributed by atoms with Crippen LogP contribution in [-0.2, 0) is 6.54 Å². The molecule has 0 bridgehead atoms. The number of nitrogens with zero attached hydrogens (tertiary/aromatic N) is 1. The average molecular weight is 319 g/mol. The molecule has 23 heavy (non-hydrogen) atoms. The molecule has 0 aliphatic carbocycles. The van der Waals surface area contributed by atoms with Crippen LogP contribution < -0.4 is 14.2 Å². The number of carbonyl (C=O) groups is 1. The van der Waals surface area contributed by atoms with Crippen molar-refractivity contribution in [1.82, 2.24) is 4.90 Å². The summed E-state index contributed by atoms with van der Waals surface area (Å²) in [5.74, 6) is 2.14. The van der Waals surface area contributed by atoms with Crippen molar-refractivity contribution in [3.05, 3.63) is 41.3 Å². The summed E-state index contributed by atoms with van der Waals surface area (Å²) in [7, 11) is 6.41. The Bertz CT molecular complexity index is 667. The second-order valence-electron chi connectivity index (χ2n) is 5.09. The minimum Gasteiger partial charge on any atom is -0.493 e. The van der Waals surface area contributed by atoms with Crippen molar-refractivity contribution in [3.8, 4) is 17.2 Å². The van der Waals surface area contributed by atoms with Crippen molar-refractivity contribution in [1.29, 1.82) is 0 Å². The highest BCUT2D eigenvalue weighted by Gasteiger charge is 2.18. The van der Waals surface area contributed by atoms with Gasteiger partial charge in [0, 0.05) is 13.6 Å². The zero-order chi connectivity index (χ0) is 17.0. The molecule has 0 unspecified atom stereocenters. The van der Waals surface area contributed by atoms with Gasteiger partial charge in [0.05, 0.1) is 33.2 Å². The number of hydrogen-bond donors (Lipinski definition) is 0. The van der Waals surface area contributed by atoms with E-state index in [0.717, 1.165) is 5.56 Å². The number of methoxy groups -OCH3 is 3. The number of amides is 1. The molecular weight excluding hydrogens is 298 g/mol. The Balaban J connectivity index is 2.25. The SMILES string of the molecule is COc1cc(CN(C)C(=O)c2ccoc2C)cc(OC)c1OC.